The van der Waals surface area contributed by atoms with Crippen molar-refractivity contribution >= 4 is 21.4 Å². The van der Waals surface area contributed by atoms with Crippen LogP contribution in [-0.2, 0) is 13.8 Å². The highest BCUT2D eigenvalue weighted by Gasteiger charge is 2.47. The first kappa shape index (κ1) is 20.3. The fraction of sp³-hybridized carbons (Fsp3) is 0.600. The van der Waals surface area contributed by atoms with Crippen molar-refractivity contribution in [1.29, 1.82) is 0 Å². The van der Waals surface area contributed by atoms with Gasteiger partial charge in [0, 0.05) is 6.20 Å². The van der Waals surface area contributed by atoms with Gasteiger partial charge in [-0.1, -0.05) is 0 Å². The van der Waals surface area contributed by atoms with Crippen LogP contribution < -0.4 is 11.4 Å². The van der Waals surface area contributed by atoms with Crippen LogP contribution in [0.2, 0.25) is 0 Å². The molecule has 25 heavy (non-hydrogen) atoms. The molecule has 8 N–H and O–H groups in total. The van der Waals surface area contributed by atoms with Crippen LogP contribution in [-0.4, -0.2) is 70.2 Å². The van der Waals surface area contributed by atoms with E-state index in [-0.39, 0.29) is 5.82 Å². The summed E-state index contributed by atoms with van der Waals surface area (Å²) >= 11 is 0. The number of anilines is 1. The van der Waals surface area contributed by atoms with Gasteiger partial charge in [-0.05, 0) is 6.07 Å². The van der Waals surface area contributed by atoms with Gasteiger partial charge in [0.05, 0.1) is 6.61 Å². The molecule has 2 heterocycles. The Morgan fingerprint density at radius 3 is 2.56 bits per heavy atom. The molecule has 0 aliphatic carbocycles. The fourth-order valence-corrected chi connectivity index (χ4v) is 4.81. The Balaban J connectivity index is 2.07. The number of aliphatic hydroxyl groups is 2. The number of nitrogens with zero attached hydrogens (tertiary/aromatic N) is 2. The SMILES string of the molecule is Nc1ccn([C@@H]2O[C@H](COP(=O)(O)C[P+](O)(O)O)C(O)[C@@H]2O)c(=O)n1. The van der Waals surface area contributed by atoms with Gasteiger partial charge in [0.1, 0.15) is 24.1 Å². The molecule has 142 valence electrons. The molecule has 13 nitrogen and oxygen atoms in total. The standard InChI is InChI=1S/C10H17N3O10P2/c11-6-1-2-13(10(16)12-6)9-8(15)7(14)5(23-9)3-22-25(20,21)4-24(17,18)19/h1-2,5,7-9,14-15,17-19H,3-4H2,(H2-,11,12,16,20,21)/p+1/t5-,7?,8+,9-/m1/s1. The van der Waals surface area contributed by atoms with E-state index < -0.39 is 58.3 Å². The third-order valence-electron chi connectivity index (χ3n) is 3.27. The molecule has 1 aliphatic rings. The van der Waals surface area contributed by atoms with Gasteiger partial charge in [-0.15, -0.1) is 0 Å². The van der Waals surface area contributed by atoms with Gasteiger partial charge in [-0.3, -0.25) is 9.13 Å². The van der Waals surface area contributed by atoms with Crippen molar-refractivity contribution in [3.8, 4) is 0 Å². The average molecular weight is 402 g/mol. The Bertz CT molecular complexity index is 722. The Hall–Kier alpha value is -0.980. The molecule has 0 amide bonds. The van der Waals surface area contributed by atoms with Crippen molar-refractivity contribution in [3.05, 3.63) is 22.7 Å². The normalized spacial score (nSPS) is 29.5. The third-order valence-corrected chi connectivity index (χ3v) is 6.77. The van der Waals surface area contributed by atoms with Crippen LogP contribution in [0.15, 0.2) is 17.1 Å². The molecule has 0 aromatic carbocycles. The quantitative estimate of drug-likeness (QED) is 0.243. The van der Waals surface area contributed by atoms with Crippen molar-refractivity contribution in [2.45, 2.75) is 24.5 Å². The Kier molecular flexibility index (Phi) is 5.96. The zero-order chi connectivity index (χ0) is 19.0. The molecule has 15 heteroatoms. The van der Waals surface area contributed by atoms with Gasteiger partial charge < -0.3 is 30.1 Å². The molecule has 2 rings (SSSR count). The zero-order valence-corrected chi connectivity index (χ0v) is 14.3. The van der Waals surface area contributed by atoms with E-state index in [1.807, 2.05) is 0 Å². The van der Waals surface area contributed by atoms with Crippen molar-refractivity contribution in [3.63, 3.8) is 0 Å². The summed E-state index contributed by atoms with van der Waals surface area (Å²) in [5.74, 6) is -1.35. The van der Waals surface area contributed by atoms with Gasteiger partial charge in [-0.25, -0.2) is 4.79 Å². The van der Waals surface area contributed by atoms with Crippen molar-refractivity contribution in [2.75, 3.05) is 18.2 Å². The highest BCUT2D eigenvalue weighted by molar-refractivity contribution is 7.73. The van der Waals surface area contributed by atoms with Crippen molar-refractivity contribution in [1.82, 2.24) is 9.55 Å². The van der Waals surface area contributed by atoms with Gasteiger partial charge in [0.15, 0.2) is 6.23 Å². The molecule has 1 aromatic heterocycles. The Labute approximate surface area is 141 Å². The first-order valence-electron chi connectivity index (χ1n) is 6.78. The highest BCUT2D eigenvalue weighted by atomic mass is 31.3. The van der Waals surface area contributed by atoms with Crippen LogP contribution in [0, 0.1) is 0 Å². The van der Waals surface area contributed by atoms with E-state index in [2.05, 4.69) is 9.51 Å². The second-order valence-electron chi connectivity index (χ2n) is 5.36. The van der Waals surface area contributed by atoms with Crippen molar-refractivity contribution < 1.29 is 43.6 Å². The monoisotopic (exact) mass is 402 g/mol. The molecule has 5 atom stereocenters. The summed E-state index contributed by atoms with van der Waals surface area (Å²) in [5.41, 5.74) is 4.50. The molecular weight excluding hydrogens is 384 g/mol. The largest absolute Gasteiger partial charge is 0.416 e. The second-order valence-corrected chi connectivity index (χ2v) is 9.41. The minimum atomic E-state index is -4.59. The van der Waals surface area contributed by atoms with Crippen LogP contribution in [0.25, 0.3) is 0 Å². The van der Waals surface area contributed by atoms with Gasteiger partial charge in [0.25, 0.3) is 0 Å². The van der Waals surface area contributed by atoms with Crippen LogP contribution in [0.1, 0.15) is 6.23 Å². The van der Waals surface area contributed by atoms with Crippen molar-refractivity contribution in [2.24, 2.45) is 0 Å². The predicted molar refractivity (Wildman–Crippen MR) is 83.1 cm³/mol. The number of aliphatic hydroxyl groups excluding tert-OH is 2. The number of hydrogen-bond acceptors (Lipinski definition) is 11. The summed E-state index contributed by atoms with van der Waals surface area (Å²) in [6, 6.07) is 1.27. The van der Waals surface area contributed by atoms with Gasteiger partial charge >= 0.3 is 21.2 Å². The number of ether oxygens (including phenoxy) is 1. The lowest BCUT2D eigenvalue weighted by atomic mass is 10.1. The van der Waals surface area contributed by atoms with E-state index in [0.717, 1.165) is 4.57 Å². The summed E-state index contributed by atoms with van der Waals surface area (Å²) in [4.78, 5) is 51.1. The van der Waals surface area contributed by atoms with Crippen LogP contribution in [0.3, 0.4) is 0 Å². The van der Waals surface area contributed by atoms with E-state index >= 15 is 0 Å². The molecule has 2 unspecified atom stereocenters. The number of nitrogens with two attached hydrogens (primary N) is 1. The first-order valence-corrected chi connectivity index (χ1v) is 10.4. The van der Waals surface area contributed by atoms with Crippen LogP contribution >= 0.6 is 15.5 Å². The maximum absolute atomic E-state index is 11.8. The molecule has 0 spiro atoms. The molecule has 0 saturated carbocycles. The Morgan fingerprint density at radius 2 is 2.00 bits per heavy atom. The zero-order valence-electron chi connectivity index (χ0n) is 12.6. The minimum absolute atomic E-state index is 0.0563. The third kappa shape index (κ3) is 5.25. The predicted octanol–water partition coefficient (Wildman–Crippen LogP) is -2.66. The van der Waals surface area contributed by atoms with E-state index in [4.69, 9.17) is 25.2 Å². The van der Waals surface area contributed by atoms with Crippen LogP contribution in [0.4, 0.5) is 5.82 Å². The summed E-state index contributed by atoms with van der Waals surface area (Å²) in [5, 5.41) is 19.9. The number of hydrogen-bond donors (Lipinski definition) is 7. The molecule has 0 bridgehead atoms. The number of rotatable bonds is 6. The highest BCUT2D eigenvalue weighted by Crippen LogP contribution is 2.60. The second kappa shape index (κ2) is 7.33. The van der Waals surface area contributed by atoms with Crippen LogP contribution in [0.5, 0.6) is 0 Å². The maximum atomic E-state index is 11.8. The average Bonchev–Trinajstić information content (AvgIpc) is 2.71. The molecule has 1 saturated heterocycles. The van der Waals surface area contributed by atoms with E-state index in [0.29, 0.717) is 0 Å². The lowest BCUT2D eigenvalue weighted by molar-refractivity contribution is -0.0523. The minimum Gasteiger partial charge on any atom is -0.387 e. The topological polar surface area (TPSA) is 218 Å². The fourth-order valence-electron chi connectivity index (χ4n) is 2.19. The molecule has 1 fully saturated rings. The summed E-state index contributed by atoms with van der Waals surface area (Å²) < 4.78 is 22.3. The lowest BCUT2D eigenvalue weighted by Gasteiger charge is -2.17. The lowest BCUT2D eigenvalue weighted by Crippen LogP contribution is -2.36. The summed E-state index contributed by atoms with van der Waals surface area (Å²) in [7, 11) is -9.14. The summed E-state index contributed by atoms with van der Waals surface area (Å²) in [6.45, 7) is -0.723. The smallest absolute Gasteiger partial charge is 0.387 e. The van der Waals surface area contributed by atoms with E-state index in [9.17, 15) is 24.5 Å². The summed E-state index contributed by atoms with van der Waals surface area (Å²) in [6.07, 6.45) is -4.62. The molecular formula is C10H18N3O10P2+. The van der Waals surface area contributed by atoms with Gasteiger partial charge in [-0.2, -0.15) is 19.7 Å². The molecule has 1 aromatic rings. The van der Waals surface area contributed by atoms with E-state index in [1.165, 1.54) is 12.3 Å². The Morgan fingerprint density at radius 1 is 1.36 bits per heavy atom. The maximum Gasteiger partial charge on any atom is 0.416 e. The van der Waals surface area contributed by atoms with Gasteiger partial charge in [0.2, 0.25) is 5.90 Å². The molecule has 1 aliphatic heterocycles. The number of aromatic nitrogens is 2. The first-order chi connectivity index (χ1) is 11.4. The van der Waals surface area contributed by atoms with E-state index in [1.54, 1.807) is 0 Å². The molecule has 0 radical (unpaired) electrons. The number of nitrogen functional groups attached to an aromatic ring is 1.